The minimum atomic E-state index is -0.678. The lowest BCUT2D eigenvalue weighted by molar-refractivity contribution is -0.136. The highest BCUT2D eigenvalue weighted by atomic mass is 32.2. The van der Waals surface area contributed by atoms with Gasteiger partial charge >= 0.3 is 0 Å². The van der Waals surface area contributed by atoms with Crippen molar-refractivity contribution in [2.24, 2.45) is 5.73 Å². The number of nitrogens with zero attached hydrogens (tertiary/aromatic N) is 1. The first-order valence-corrected chi connectivity index (χ1v) is 11.4. The largest absolute Gasteiger partial charge is 0.366 e. The molecule has 2 saturated heterocycles. The summed E-state index contributed by atoms with van der Waals surface area (Å²) in [5, 5.41) is 5.53. The van der Waals surface area contributed by atoms with Crippen LogP contribution in [0.5, 0.6) is 0 Å². The molecule has 0 aromatic heterocycles. The molecule has 0 bridgehead atoms. The summed E-state index contributed by atoms with van der Waals surface area (Å²) >= 11 is 1.12. The number of fused-ring (bicyclic) bond motifs is 2. The van der Waals surface area contributed by atoms with Crippen LogP contribution in [0.4, 0.5) is 10.5 Å². The molecular weight excluding hydrogens is 428 g/mol. The van der Waals surface area contributed by atoms with Crippen LogP contribution in [-0.4, -0.2) is 52.7 Å². The zero-order chi connectivity index (χ0) is 22.5. The second kappa shape index (κ2) is 7.67. The van der Waals surface area contributed by atoms with Crippen LogP contribution < -0.4 is 16.4 Å². The molecule has 9 heteroatoms. The number of hydrogen-bond donors (Lipinski definition) is 3. The summed E-state index contributed by atoms with van der Waals surface area (Å²) in [6.45, 7) is 0.917. The Balaban J connectivity index is 1.38. The molecule has 1 unspecified atom stereocenters. The van der Waals surface area contributed by atoms with E-state index in [2.05, 4.69) is 10.6 Å². The highest BCUT2D eigenvalue weighted by Crippen LogP contribution is 2.46. The van der Waals surface area contributed by atoms with Crippen LogP contribution in [0.25, 0.3) is 11.1 Å². The predicted molar refractivity (Wildman–Crippen MR) is 121 cm³/mol. The van der Waals surface area contributed by atoms with E-state index in [0.29, 0.717) is 37.2 Å². The molecule has 4 amide bonds. The van der Waals surface area contributed by atoms with E-state index in [-0.39, 0.29) is 17.1 Å². The molecule has 164 valence electrons. The number of amides is 4. The van der Waals surface area contributed by atoms with Gasteiger partial charge < -0.3 is 21.3 Å². The van der Waals surface area contributed by atoms with Gasteiger partial charge in [-0.25, -0.2) is 0 Å². The van der Waals surface area contributed by atoms with Gasteiger partial charge in [-0.05, 0) is 53.8 Å². The monoisotopic (exact) mass is 450 g/mol. The fraction of sp³-hybridized carbons (Fsp3) is 0.304. The molecule has 2 fully saturated rings. The second-order valence-electron chi connectivity index (χ2n) is 8.36. The topological polar surface area (TPSA) is 122 Å². The summed E-state index contributed by atoms with van der Waals surface area (Å²) in [5.74, 6) is -0.150. The molecule has 3 aliphatic rings. The third-order valence-corrected chi connectivity index (χ3v) is 7.50. The molecule has 0 saturated carbocycles. The summed E-state index contributed by atoms with van der Waals surface area (Å²) in [4.78, 5) is 50.3. The molecule has 0 radical (unpaired) electrons. The van der Waals surface area contributed by atoms with Crippen LogP contribution in [-0.2, 0) is 15.0 Å². The first-order chi connectivity index (χ1) is 15.4. The van der Waals surface area contributed by atoms with E-state index >= 15 is 0 Å². The number of nitrogens with one attached hydrogen (secondary N) is 2. The van der Waals surface area contributed by atoms with Crippen LogP contribution in [0.15, 0.2) is 42.5 Å². The Morgan fingerprint density at radius 2 is 1.72 bits per heavy atom. The van der Waals surface area contributed by atoms with Crippen molar-refractivity contribution in [2.45, 2.75) is 24.3 Å². The average molecular weight is 451 g/mol. The van der Waals surface area contributed by atoms with Gasteiger partial charge in [0.2, 0.25) is 17.7 Å². The summed E-state index contributed by atoms with van der Waals surface area (Å²) in [5.41, 5.74) is 8.70. The number of thioether (sulfide) groups is 1. The van der Waals surface area contributed by atoms with Crippen molar-refractivity contribution in [1.29, 1.82) is 0 Å². The number of nitrogens with two attached hydrogens (primary N) is 1. The quantitative estimate of drug-likeness (QED) is 0.661. The van der Waals surface area contributed by atoms with Crippen LogP contribution in [0.1, 0.15) is 28.8 Å². The molecule has 4 N–H and O–H groups in total. The number of benzene rings is 2. The fourth-order valence-electron chi connectivity index (χ4n) is 4.76. The summed E-state index contributed by atoms with van der Waals surface area (Å²) < 4.78 is 0. The van der Waals surface area contributed by atoms with Crippen LogP contribution in [0, 0.1) is 0 Å². The molecule has 3 aliphatic heterocycles. The van der Waals surface area contributed by atoms with E-state index in [1.807, 2.05) is 30.3 Å². The normalized spacial score (nSPS) is 21.2. The SMILES string of the molecule is NC(=O)c1ccc(-c2ccc3c(c2)C2(CCN(C(=O)C4CSC(=O)N4)CC2)C(=O)N3)cc1. The molecular formula is C23H22N4O4S. The smallest absolute Gasteiger partial charge is 0.279 e. The Labute approximate surface area is 188 Å². The molecule has 2 aromatic carbocycles. The van der Waals surface area contributed by atoms with Gasteiger partial charge in [-0.3, -0.25) is 19.2 Å². The van der Waals surface area contributed by atoms with Crippen molar-refractivity contribution in [1.82, 2.24) is 10.2 Å². The molecule has 5 rings (SSSR count). The van der Waals surface area contributed by atoms with Crippen LogP contribution >= 0.6 is 11.8 Å². The number of hydrogen-bond acceptors (Lipinski definition) is 5. The number of primary amides is 1. The van der Waals surface area contributed by atoms with Gasteiger partial charge in [0, 0.05) is 30.1 Å². The molecule has 1 atom stereocenters. The lowest BCUT2D eigenvalue weighted by Crippen LogP contribution is -2.52. The molecule has 2 aromatic rings. The van der Waals surface area contributed by atoms with Gasteiger partial charge in [0.1, 0.15) is 6.04 Å². The third-order valence-electron chi connectivity index (χ3n) is 6.62. The predicted octanol–water partition coefficient (Wildman–Crippen LogP) is 2.09. The van der Waals surface area contributed by atoms with Crippen molar-refractivity contribution in [3.05, 3.63) is 53.6 Å². The number of piperidine rings is 1. The number of likely N-dealkylation sites (tertiary alicyclic amines) is 1. The van der Waals surface area contributed by atoms with Gasteiger partial charge in [0.25, 0.3) is 5.24 Å². The van der Waals surface area contributed by atoms with Gasteiger partial charge in [-0.2, -0.15) is 0 Å². The summed E-state index contributed by atoms with van der Waals surface area (Å²) in [6.07, 6.45) is 1.05. The van der Waals surface area contributed by atoms with Crippen molar-refractivity contribution in [3.8, 4) is 11.1 Å². The van der Waals surface area contributed by atoms with Crippen molar-refractivity contribution in [2.75, 3.05) is 24.2 Å². The zero-order valence-corrected chi connectivity index (χ0v) is 18.0. The maximum atomic E-state index is 13.0. The van der Waals surface area contributed by atoms with Crippen LogP contribution in [0.3, 0.4) is 0 Å². The standard InChI is InChI=1S/C23H22N4O4S/c24-19(28)14-3-1-13(2-4-14)15-5-6-17-16(11-15)23(21(30)25-17)7-9-27(10-8-23)20(29)18-12-32-22(31)26-18/h1-6,11,18H,7-10,12H2,(H2,24,28)(H,25,30)(H,26,31). The van der Waals surface area contributed by atoms with E-state index in [4.69, 9.17) is 5.73 Å². The summed E-state index contributed by atoms with van der Waals surface area (Å²) in [7, 11) is 0. The van der Waals surface area contributed by atoms with Crippen molar-refractivity contribution < 1.29 is 19.2 Å². The van der Waals surface area contributed by atoms with E-state index in [9.17, 15) is 19.2 Å². The average Bonchev–Trinajstić information content (AvgIpc) is 3.35. The third kappa shape index (κ3) is 3.33. The fourth-order valence-corrected chi connectivity index (χ4v) is 5.53. The van der Waals surface area contributed by atoms with E-state index in [1.54, 1.807) is 17.0 Å². The van der Waals surface area contributed by atoms with Crippen molar-refractivity contribution >= 4 is 40.4 Å². The zero-order valence-electron chi connectivity index (χ0n) is 17.2. The van der Waals surface area contributed by atoms with Gasteiger partial charge in [-0.1, -0.05) is 30.0 Å². The Kier molecular flexibility index (Phi) is 4.93. The van der Waals surface area contributed by atoms with E-state index < -0.39 is 17.4 Å². The van der Waals surface area contributed by atoms with E-state index in [0.717, 1.165) is 34.1 Å². The molecule has 3 heterocycles. The van der Waals surface area contributed by atoms with E-state index in [1.165, 1.54) is 0 Å². The Bertz CT molecular complexity index is 1140. The Morgan fingerprint density at radius 3 is 2.34 bits per heavy atom. The number of rotatable bonds is 3. The van der Waals surface area contributed by atoms with Crippen molar-refractivity contribution in [3.63, 3.8) is 0 Å². The van der Waals surface area contributed by atoms with Gasteiger partial charge in [0.05, 0.1) is 5.41 Å². The minimum Gasteiger partial charge on any atom is -0.366 e. The molecule has 1 spiro atoms. The highest BCUT2D eigenvalue weighted by Gasteiger charge is 2.49. The Morgan fingerprint density at radius 1 is 1.03 bits per heavy atom. The van der Waals surface area contributed by atoms with Gasteiger partial charge in [-0.15, -0.1) is 0 Å². The maximum Gasteiger partial charge on any atom is 0.279 e. The number of carbonyl (C=O) groups excluding carboxylic acids is 4. The second-order valence-corrected chi connectivity index (χ2v) is 9.35. The molecule has 32 heavy (non-hydrogen) atoms. The van der Waals surface area contributed by atoms with Crippen LogP contribution in [0.2, 0.25) is 0 Å². The summed E-state index contributed by atoms with van der Waals surface area (Å²) in [6, 6.07) is 12.4. The maximum absolute atomic E-state index is 13.0. The lowest BCUT2D eigenvalue weighted by atomic mass is 9.73. The lowest BCUT2D eigenvalue weighted by Gasteiger charge is -2.38. The minimum absolute atomic E-state index is 0.0365. The molecule has 8 nitrogen and oxygen atoms in total. The number of carbonyl (C=O) groups is 4. The Hall–Kier alpha value is -3.33. The van der Waals surface area contributed by atoms with Gasteiger partial charge in [0.15, 0.2) is 0 Å². The highest BCUT2D eigenvalue weighted by molar-refractivity contribution is 8.14. The number of anilines is 1. The first-order valence-electron chi connectivity index (χ1n) is 10.5. The first kappa shape index (κ1) is 20.6. The molecule has 0 aliphatic carbocycles.